The largest absolute Gasteiger partial charge is 0.287 e. The van der Waals surface area contributed by atoms with E-state index in [1.165, 1.54) is 7.28 Å². The maximum atomic E-state index is 11.3. The number of carbonyl (C=O) groups excluding carboxylic acids is 1. The van der Waals surface area contributed by atoms with E-state index in [1.54, 1.807) is 0 Å². The number of amides is 1. The Kier molecular flexibility index (Phi) is 2.10. The molecule has 2 rings (SSSR count). The number of hydrogen-bond donors (Lipinski definition) is 1. The van der Waals surface area contributed by atoms with Gasteiger partial charge in [0.15, 0.2) is 5.81 Å². The van der Waals surface area contributed by atoms with Crippen LogP contribution in [0.2, 0.25) is 5.82 Å². The van der Waals surface area contributed by atoms with Gasteiger partial charge in [0.2, 0.25) is 17.3 Å². The van der Waals surface area contributed by atoms with Crippen LogP contribution in [0.25, 0.3) is 0 Å². The van der Waals surface area contributed by atoms with Crippen molar-refractivity contribution in [2.24, 2.45) is 0 Å². The molecule has 1 radical (unpaired) electrons. The lowest BCUT2D eigenvalue weighted by atomic mass is 9.72. The highest BCUT2D eigenvalue weighted by Gasteiger charge is 2.37. The monoisotopic (exact) mass is 200 g/mol. The summed E-state index contributed by atoms with van der Waals surface area (Å²) in [6.45, 7) is 0. The molecule has 13 heavy (non-hydrogen) atoms. The third-order valence-electron chi connectivity index (χ3n) is 2.22. The smallest absolute Gasteiger partial charge is 0.237 e. The fourth-order valence-electron chi connectivity index (χ4n) is 1.11. The molecule has 71 valence electrons. The Hall–Kier alpha value is -0.515. The Balaban J connectivity index is 1.84. The molecule has 1 N–H and O–H groups in total. The normalized spacial score (nSPS) is 22.5. The van der Waals surface area contributed by atoms with Crippen LogP contribution in [-0.4, -0.2) is 26.8 Å². The van der Waals surface area contributed by atoms with Gasteiger partial charge in [-0.25, -0.2) is 8.42 Å². The number of nitrogens with one attached hydrogen (secondary N) is 1. The van der Waals surface area contributed by atoms with E-state index in [9.17, 15) is 13.2 Å². The van der Waals surface area contributed by atoms with Gasteiger partial charge in [0.05, 0.1) is 5.25 Å². The summed E-state index contributed by atoms with van der Waals surface area (Å²) in [5.74, 6) is -0.135. The van der Waals surface area contributed by atoms with Gasteiger partial charge in [0.1, 0.15) is 0 Å². The molecule has 0 bridgehead atoms. The topological polar surface area (TPSA) is 63.2 Å². The number of sulfonamides is 1. The van der Waals surface area contributed by atoms with E-state index in [0.717, 1.165) is 12.8 Å². The van der Waals surface area contributed by atoms with Gasteiger partial charge in [-0.15, -0.1) is 0 Å². The van der Waals surface area contributed by atoms with Crippen LogP contribution in [0.4, 0.5) is 4.79 Å². The first kappa shape index (κ1) is 9.06. The summed E-state index contributed by atoms with van der Waals surface area (Å²) in [4.78, 5) is 11.1. The Morgan fingerprint density at radius 1 is 1.23 bits per heavy atom. The van der Waals surface area contributed by atoms with Crippen molar-refractivity contribution in [2.75, 3.05) is 0 Å². The first-order valence-corrected chi connectivity index (χ1v) is 6.03. The molecule has 0 aromatic heterocycles. The molecule has 0 spiro atoms. The third-order valence-corrected chi connectivity index (χ3v) is 4.05. The van der Waals surface area contributed by atoms with Crippen molar-refractivity contribution in [3.8, 4) is 0 Å². The second-order valence-electron chi connectivity index (χ2n) is 3.71. The summed E-state index contributed by atoms with van der Waals surface area (Å²) in [6, 6.07) is 0. The van der Waals surface area contributed by atoms with Crippen LogP contribution < -0.4 is 4.72 Å². The highest BCUT2D eigenvalue weighted by molar-refractivity contribution is 7.91. The van der Waals surface area contributed by atoms with Crippen molar-refractivity contribution in [2.45, 2.75) is 36.8 Å². The summed E-state index contributed by atoms with van der Waals surface area (Å²) in [5.41, 5.74) is 0. The molecule has 0 saturated heterocycles. The molecule has 2 saturated carbocycles. The lowest BCUT2D eigenvalue weighted by Gasteiger charge is -2.03. The minimum atomic E-state index is -3.33. The number of carbonyl (C=O) groups is 1. The van der Waals surface area contributed by atoms with E-state index in [1.807, 2.05) is 0 Å². The van der Waals surface area contributed by atoms with Crippen molar-refractivity contribution < 1.29 is 13.2 Å². The predicted molar refractivity (Wildman–Crippen MR) is 49.2 cm³/mol. The summed E-state index contributed by atoms with van der Waals surface area (Å²) >= 11 is 0. The quantitative estimate of drug-likeness (QED) is 0.671. The van der Waals surface area contributed by atoms with Gasteiger partial charge in [0, 0.05) is 0 Å². The molecule has 0 aromatic rings. The fraction of sp³-hybridized carbons (Fsp3) is 0.857. The van der Waals surface area contributed by atoms with Crippen molar-refractivity contribution in [3.05, 3.63) is 0 Å². The Bertz CT molecular complexity index is 319. The molecule has 1 amide bonds. The summed E-state index contributed by atoms with van der Waals surface area (Å²) in [7, 11) is -1.86. The zero-order valence-corrected chi connectivity index (χ0v) is 8.01. The first-order chi connectivity index (χ1) is 6.08. The maximum Gasteiger partial charge on any atom is 0.237 e. The second-order valence-corrected chi connectivity index (χ2v) is 5.68. The van der Waals surface area contributed by atoms with Crippen LogP contribution in [0.5, 0.6) is 0 Å². The van der Waals surface area contributed by atoms with Gasteiger partial charge in [0.25, 0.3) is 0 Å². The highest BCUT2D eigenvalue weighted by atomic mass is 32.2. The minimum absolute atomic E-state index is 0.314. The van der Waals surface area contributed by atoms with Gasteiger partial charge in [-0.1, -0.05) is 18.7 Å². The van der Waals surface area contributed by atoms with E-state index >= 15 is 0 Å². The Morgan fingerprint density at radius 2 is 1.85 bits per heavy atom. The molecule has 2 fully saturated rings. The molecular formula is C7H11BNO3S. The van der Waals surface area contributed by atoms with Gasteiger partial charge < -0.3 is 0 Å². The second kappa shape index (κ2) is 3.01. The molecule has 0 aromatic carbocycles. The van der Waals surface area contributed by atoms with Crippen molar-refractivity contribution >= 4 is 23.1 Å². The Morgan fingerprint density at radius 3 is 2.31 bits per heavy atom. The van der Waals surface area contributed by atoms with Crippen LogP contribution in [0.1, 0.15) is 25.7 Å². The van der Waals surface area contributed by atoms with Crippen LogP contribution in [0.15, 0.2) is 0 Å². The maximum absolute atomic E-state index is 11.3. The lowest BCUT2D eigenvalue weighted by Crippen LogP contribution is -2.35. The number of rotatable bonds is 4. The van der Waals surface area contributed by atoms with E-state index in [0.29, 0.717) is 18.7 Å². The van der Waals surface area contributed by atoms with Crippen LogP contribution in [-0.2, 0) is 10.0 Å². The van der Waals surface area contributed by atoms with Crippen molar-refractivity contribution in [3.63, 3.8) is 0 Å². The average molecular weight is 200 g/mol. The first-order valence-electron chi connectivity index (χ1n) is 4.48. The van der Waals surface area contributed by atoms with Gasteiger partial charge in [-0.2, -0.15) is 0 Å². The third kappa shape index (κ3) is 2.46. The summed E-state index contributed by atoms with van der Waals surface area (Å²) in [5, 5.41) is -0.316. The molecule has 2 aliphatic rings. The van der Waals surface area contributed by atoms with Crippen LogP contribution in [0.3, 0.4) is 0 Å². The minimum Gasteiger partial charge on any atom is -0.287 e. The summed E-state index contributed by atoms with van der Waals surface area (Å²) < 4.78 is 24.6. The molecular weight excluding hydrogens is 189 g/mol. The molecule has 2 aliphatic carbocycles. The van der Waals surface area contributed by atoms with E-state index in [-0.39, 0.29) is 5.25 Å². The zero-order chi connectivity index (χ0) is 9.47. The molecule has 0 aliphatic heterocycles. The van der Waals surface area contributed by atoms with E-state index < -0.39 is 15.8 Å². The Labute approximate surface area is 78.4 Å². The predicted octanol–water partition coefficient (Wildman–Crippen LogP) is 0.475. The summed E-state index contributed by atoms with van der Waals surface area (Å²) in [6.07, 6.45) is 3.39. The van der Waals surface area contributed by atoms with Gasteiger partial charge in [-0.05, 0) is 12.8 Å². The van der Waals surface area contributed by atoms with E-state index in [4.69, 9.17) is 0 Å². The van der Waals surface area contributed by atoms with Crippen molar-refractivity contribution in [1.82, 2.24) is 4.72 Å². The number of hydrogen-bond acceptors (Lipinski definition) is 3. The van der Waals surface area contributed by atoms with E-state index in [2.05, 4.69) is 4.72 Å². The molecule has 0 unspecified atom stereocenters. The molecule has 0 atom stereocenters. The lowest BCUT2D eigenvalue weighted by molar-refractivity contribution is 0.263. The average Bonchev–Trinajstić information content (AvgIpc) is 2.81. The van der Waals surface area contributed by atoms with Crippen molar-refractivity contribution in [1.29, 1.82) is 0 Å². The molecule has 6 heteroatoms. The fourth-order valence-corrected chi connectivity index (χ4v) is 2.38. The molecule has 4 nitrogen and oxygen atoms in total. The SMILES string of the molecule is O=C([B]C1CC1)NS(=O)(=O)C1CC1. The van der Waals surface area contributed by atoms with Gasteiger partial charge >= 0.3 is 0 Å². The van der Waals surface area contributed by atoms with Crippen LogP contribution in [0, 0.1) is 0 Å². The zero-order valence-electron chi connectivity index (χ0n) is 7.19. The highest BCUT2D eigenvalue weighted by Crippen LogP contribution is 2.35. The van der Waals surface area contributed by atoms with Crippen LogP contribution >= 0.6 is 0 Å². The molecule has 0 heterocycles. The van der Waals surface area contributed by atoms with Gasteiger partial charge in [-0.3, -0.25) is 9.52 Å². The standard InChI is InChI=1S/C7H11BNO3S/c10-7(8-5-1-2-5)9-13(11,12)6-3-4-6/h5-6H,1-4H2,(H,9,10).